The van der Waals surface area contributed by atoms with E-state index in [2.05, 4.69) is 150 Å². The SMILES string of the molecule is CN1[CH-]N(c2[c-]c(Oc3[c-]c4c(cc3)c3ccccc3n4-c3cc(C(C)(C)C)ccn3)nc(N(c3ccccc3)c3ccccc3)c2)c2ccccc21.[Pt]. The second kappa shape index (κ2) is 14.1. The van der Waals surface area contributed by atoms with E-state index in [1.165, 1.54) is 5.56 Å². The van der Waals surface area contributed by atoms with Gasteiger partial charge in [0, 0.05) is 61.3 Å². The van der Waals surface area contributed by atoms with Gasteiger partial charge >= 0.3 is 0 Å². The topological polar surface area (TPSA) is 49.7 Å². The second-order valence-electron chi connectivity index (χ2n) is 14.2. The smallest absolute Gasteiger partial charge is 0.135 e. The van der Waals surface area contributed by atoms with Crippen LogP contribution in [0.5, 0.6) is 11.6 Å². The van der Waals surface area contributed by atoms with Gasteiger partial charge < -0.3 is 24.0 Å². The normalized spacial score (nSPS) is 12.5. The Morgan fingerprint density at radius 1 is 0.704 bits per heavy atom. The van der Waals surface area contributed by atoms with E-state index in [4.69, 9.17) is 14.7 Å². The zero-order valence-corrected chi connectivity index (χ0v) is 32.6. The molecule has 8 heteroatoms. The summed E-state index contributed by atoms with van der Waals surface area (Å²) in [6.45, 7) is 8.72. The van der Waals surface area contributed by atoms with Crippen LogP contribution in [0, 0.1) is 18.8 Å². The van der Waals surface area contributed by atoms with Crippen LogP contribution in [0.2, 0.25) is 0 Å². The van der Waals surface area contributed by atoms with Crippen molar-refractivity contribution in [1.29, 1.82) is 0 Å². The molecule has 3 aromatic heterocycles. The summed E-state index contributed by atoms with van der Waals surface area (Å²) in [5.74, 6) is 2.36. The predicted molar refractivity (Wildman–Crippen MR) is 215 cm³/mol. The van der Waals surface area contributed by atoms with Gasteiger partial charge in [-0.05, 0) is 78.0 Å². The fourth-order valence-electron chi connectivity index (χ4n) is 7.03. The van der Waals surface area contributed by atoms with Crippen molar-refractivity contribution < 1.29 is 25.8 Å². The molecule has 0 saturated carbocycles. The molecule has 0 bridgehead atoms. The summed E-state index contributed by atoms with van der Waals surface area (Å²) in [7, 11) is 2.05. The molecule has 9 rings (SSSR count). The molecule has 0 unspecified atom stereocenters. The van der Waals surface area contributed by atoms with Gasteiger partial charge in [0.2, 0.25) is 0 Å². The zero-order valence-electron chi connectivity index (χ0n) is 30.3. The molecule has 0 saturated heterocycles. The third kappa shape index (κ3) is 6.39. The van der Waals surface area contributed by atoms with Crippen molar-refractivity contribution in [2.45, 2.75) is 26.2 Å². The van der Waals surface area contributed by atoms with Crippen LogP contribution >= 0.6 is 0 Å². The molecule has 4 heterocycles. The van der Waals surface area contributed by atoms with Crippen LogP contribution in [0.3, 0.4) is 0 Å². The maximum atomic E-state index is 6.69. The van der Waals surface area contributed by atoms with Crippen molar-refractivity contribution in [2.24, 2.45) is 0 Å². The minimum atomic E-state index is -0.0336. The molecule has 0 atom stereocenters. The second-order valence-corrected chi connectivity index (χ2v) is 14.2. The molecule has 0 spiro atoms. The number of benzene rings is 5. The summed E-state index contributed by atoms with van der Waals surface area (Å²) < 4.78 is 8.86. The van der Waals surface area contributed by atoms with Gasteiger partial charge in [-0.2, -0.15) is 24.5 Å². The molecular weight excluding hydrogens is 848 g/mol. The van der Waals surface area contributed by atoms with Gasteiger partial charge in [-0.3, -0.25) is 0 Å². The van der Waals surface area contributed by atoms with Gasteiger partial charge in [0.15, 0.2) is 0 Å². The Morgan fingerprint density at radius 3 is 2.09 bits per heavy atom. The fraction of sp³-hybridized carbons (Fsp3) is 0.109. The summed E-state index contributed by atoms with van der Waals surface area (Å²) in [5, 5.41) is 2.18. The molecule has 54 heavy (non-hydrogen) atoms. The molecule has 1 aliphatic heterocycles. The Bertz CT molecular complexity index is 2560. The Kier molecular flexibility index (Phi) is 9.20. The average molecular weight is 885 g/mol. The molecule has 7 nitrogen and oxygen atoms in total. The molecule has 1 aliphatic rings. The summed E-state index contributed by atoms with van der Waals surface area (Å²) in [6, 6.07) is 54.7. The van der Waals surface area contributed by atoms with Gasteiger partial charge in [-0.15, -0.1) is 23.6 Å². The van der Waals surface area contributed by atoms with Crippen LogP contribution in [0.1, 0.15) is 26.3 Å². The summed E-state index contributed by atoms with van der Waals surface area (Å²) in [5.41, 5.74) is 7.97. The maximum absolute atomic E-state index is 6.69. The van der Waals surface area contributed by atoms with Crippen molar-refractivity contribution >= 4 is 56.1 Å². The summed E-state index contributed by atoms with van der Waals surface area (Å²) >= 11 is 0. The number of hydrogen-bond donors (Lipinski definition) is 0. The van der Waals surface area contributed by atoms with Crippen LogP contribution in [-0.4, -0.2) is 21.6 Å². The van der Waals surface area contributed by atoms with Crippen LogP contribution in [0.4, 0.5) is 34.3 Å². The minimum Gasteiger partial charge on any atom is -0.504 e. The van der Waals surface area contributed by atoms with Gasteiger partial charge in [0.1, 0.15) is 11.7 Å². The molecule has 5 aromatic carbocycles. The van der Waals surface area contributed by atoms with E-state index in [-0.39, 0.29) is 26.5 Å². The van der Waals surface area contributed by atoms with E-state index in [1.807, 2.05) is 61.8 Å². The van der Waals surface area contributed by atoms with Crippen LogP contribution in [0.15, 0.2) is 146 Å². The fourth-order valence-corrected chi connectivity index (χ4v) is 7.03. The molecule has 8 aromatic rings. The Labute approximate surface area is 330 Å². The number of fused-ring (bicyclic) bond motifs is 4. The Morgan fingerprint density at radius 2 is 1.37 bits per heavy atom. The zero-order chi connectivity index (χ0) is 36.1. The number of aromatic nitrogens is 3. The van der Waals surface area contributed by atoms with Crippen LogP contribution in [-0.2, 0) is 26.5 Å². The van der Waals surface area contributed by atoms with E-state index < -0.39 is 0 Å². The van der Waals surface area contributed by atoms with Crippen LogP contribution < -0.4 is 19.4 Å². The number of rotatable bonds is 7. The average Bonchev–Trinajstić information content (AvgIpc) is 3.70. The van der Waals surface area contributed by atoms with Gasteiger partial charge in [-0.1, -0.05) is 93.0 Å². The minimum absolute atomic E-state index is 0. The summed E-state index contributed by atoms with van der Waals surface area (Å²) in [4.78, 5) is 16.3. The Balaban J connectivity index is 0.00000413. The predicted octanol–water partition coefficient (Wildman–Crippen LogP) is 11.4. The first kappa shape index (κ1) is 35.1. The monoisotopic (exact) mass is 884 g/mol. The Hall–Kier alpha value is -5.91. The number of pyridine rings is 2. The van der Waals surface area contributed by atoms with Crippen molar-refractivity contribution in [3.05, 3.63) is 170 Å². The molecule has 0 N–H and O–H groups in total. The van der Waals surface area contributed by atoms with E-state index in [0.29, 0.717) is 17.4 Å². The molecule has 0 aliphatic carbocycles. The maximum Gasteiger partial charge on any atom is 0.135 e. The first-order chi connectivity index (χ1) is 25.8. The van der Waals surface area contributed by atoms with Crippen molar-refractivity contribution in [3.8, 4) is 17.4 Å². The van der Waals surface area contributed by atoms with E-state index >= 15 is 0 Å². The van der Waals surface area contributed by atoms with Gasteiger partial charge in [0.25, 0.3) is 0 Å². The first-order valence-corrected chi connectivity index (χ1v) is 17.7. The van der Waals surface area contributed by atoms with Crippen molar-refractivity contribution in [1.82, 2.24) is 14.5 Å². The van der Waals surface area contributed by atoms with E-state index in [1.54, 1.807) is 0 Å². The first-order valence-electron chi connectivity index (χ1n) is 17.7. The van der Waals surface area contributed by atoms with Crippen molar-refractivity contribution in [3.63, 3.8) is 0 Å². The molecule has 0 fully saturated rings. The van der Waals surface area contributed by atoms with Gasteiger partial charge in [0.05, 0.1) is 5.82 Å². The standard InChI is InChI=1S/C46H37N6O.Pt/c1-46(2,3)32-25-26-47-43(27-32)52-39-20-12-11-19-37(39)38-24-23-36(30-42(38)52)53-45-29-35(50-31-49(4)40-21-13-14-22-41(40)50)28-44(48-45)51(33-15-7-5-8-16-33)34-17-9-6-10-18-34;/h5-28,31H,1-4H3;/q-3;. The molecule has 270 valence electrons. The van der Waals surface area contributed by atoms with Crippen molar-refractivity contribution in [2.75, 3.05) is 21.7 Å². The summed E-state index contributed by atoms with van der Waals surface area (Å²) in [6.07, 6.45) is 1.89. The number of para-hydroxylation sites is 5. The van der Waals surface area contributed by atoms with Crippen LogP contribution in [0.25, 0.3) is 27.6 Å². The molecular formula is C46H37N6OPt-3. The number of nitrogens with zero attached hydrogens (tertiary/aromatic N) is 6. The van der Waals surface area contributed by atoms with E-state index in [9.17, 15) is 0 Å². The molecule has 0 radical (unpaired) electrons. The third-order valence-electron chi connectivity index (χ3n) is 9.65. The largest absolute Gasteiger partial charge is 0.504 e. The number of ether oxygens (including phenoxy) is 1. The van der Waals surface area contributed by atoms with Gasteiger partial charge in [-0.25, -0.2) is 9.97 Å². The third-order valence-corrected chi connectivity index (χ3v) is 9.65. The quantitative estimate of drug-likeness (QED) is 0.149. The number of hydrogen-bond acceptors (Lipinski definition) is 6. The number of anilines is 6. The van der Waals surface area contributed by atoms with E-state index in [0.717, 1.165) is 56.1 Å². The molecule has 0 amide bonds.